The van der Waals surface area contributed by atoms with Crippen LogP contribution in [-0.4, -0.2) is 37.1 Å². The maximum absolute atomic E-state index is 12.9. The molecule has 2 heterocycles. The fraction of sp³-hybridized carbons (Fsp3) is 0.286. The highest BCUT2D eigenvalue weighted by molar-refractivity contribution is 6.00. The Morgan fingerprint density at radius 3 is 2.89 bits per heavy atom. The molecule has 0 spiro atoms. The van der Waals surface area contributed by atoms with Crippen molar-refractivity contribution in [2.75, 3.05) is 25.3 Å². The molecule has 2 aliphatic rings. The summed E-state index contributed by atoms with van der Waals surface area (Å²) in [5.41, 5.74) is 2.14. The third-order valence-corrected chi connectivity index (χ3v) is 4.99. The van der Waals surface area contributed by atoms with Crippen LogP contribution in [-0.2, 0) is 16.1 Å². The Kier molecular flexibility index (Phi) is 4.62. The van der Waals surface area contributed by atoms with E-state index in [1.807, 2.05) is 6.07 Å². The number of nitriles is 1. The number of nitrogens with zero attached hydrogens (tertiary/aromatic N) is 3. The summed E-state index contributed by atoms with van der Waals surface area (Å²) < 4.78 is 10.7. The minimum atomic E-state index is -0.401. The molecule has 28 heavy (non-hydrogen) atoms. The molecule has 2 aromatic carbocycles. The van der Waals surface area contributed by atoms with Gasteiger partial charge in [-0.25, -0.2) is 0 Å². The maximum atomic E-state index is 12.9. The molecule has 2 amide bonds. The van der Waals surface area contributed by atoms with Crippen LogP contribution in [0, 0.1) is 17.2 Å². The molecule has 7 heteroatoms. The van der Waals surface area contributed by atoms with Crippen molar-refractivity contribution in [3.05, 3.63) is 53.6 Å². The predicted octanol–water partition coefficient (Wildman–Crippen LogP) is 2.30. The van der Waals surface area contributed by atoms with Crippen LogP contribution in [0.3, 0.4) is 0 Å². The van der Waals surface area contributed by atoms with Crippen LogP contribution in [0.5, 0.6) is 11.5 Å². The Balaban J connectivity index is 1.44. The maximum Gasteiger partial charge on any atom is 0.231 e. The van der Waals surface area contributed by atoms with Crippen molar-refractivity contribution in [2.24, 2.45) is 5.92 Å². The van der Waals surface area contributed by atoms with Crippen molar-refractivity contribution in [1.29, 1.82) is 5.26 Å². The van der Waals surface area contributed by atoms with E-state index in [-0.39, 0.29) is 25.0 Å². The summed E-state index contributed by atoms with van der Waals surface area (Å²) in [6.45, 7) is 0.897. The predicted molar refractivity (Wildman–Crippen MR) is 101 cm³/mol. The van der Waals surface area contributed by atoms with E-state index in [1.54, 1.807) is 53.2 Å². The summed E-state index contributed by atoms with van der Waals surface area (Å²) in [6.07, 6.45) is 0.176. The highest BCUT2D eigenvalue weighted by Gasteiger charge is 2.37. The largest absolute Gasteiger partial charge is 0.454 e. The summed E-state index contributed by atoms with van der Waals surface area (Å²) in [6, 6.07) is 14.6. The first-order valence-electron chi connectivity index (χ1n) is 8.99. The molecular formula is C21H19N3O4. The smallest absolute Gasteiger partial charge is 0.231 e. The molecule has 2 aliphatic heterocycles. The number of carbonyl (C=O) groups is 2. The van der Waals surface area contributed by atoms with Crippen LogP contribution in [0.2, 0.25) is 0 Å². The lowest BCUT2D eigenvalue weighted by molar-refractivity contribution is -0.135. The number of anilines is 1. The highest BCUT2D eigenvalue weighted by Crippen LogP contribution is 2.37. The van der Waals surface area contributed by atoms with Crippen LogP contribution in [0.15, 0.2) is 42.5 Å². The van der Waals surface area contributed by atoms with Crippen molar-refractivity contribution in [3.8, 4) is 17.6 Å². The monoisotopic (exact) mass is 377 g/mol. The topological polar surface area (TPSA) is 82.9 Å². The number of amides is 2. The quantitative estimate of drug-likeness (QED) is 0.816. The molecule has 1 unspecified atom stereocenters. The number of rotatable bonds is 4. The Hall–Kier alpha value is -3.53. The van der Waals surface area contributed by atoms with Gasteiger partial charge in [-0.15, -0.1) is 0 Å². The van der Waals surface area contributed by atoms with Crippen molar-refractivity contribution in [2.45, 2.75) is 13.0 Å². The van der Waals surface area contributed by atoms with Gasteiger partial charge in [-0.1, -0.05) is 12.1 Å². The summed E-state index contributed by atoms with van der Waals surface area (Å²) in [5.74, 6) is 0.690. The highest BCUT2D eigenvalue weighted by atomic mass is 16.7. The van der Waals surface area contributed by atoms with E-state index in [0.717, 1.165) is 5.56 Å². The van der Waals surface area contributed by atoms with E-state index in [4.69, 9.17) is 14.7 Å². The van der Waals surface area contributed by atoms with Gasteiger partial charge in [-0.3, -0.25) is 9.59 Å². The molecule has 4 rings (SSSR count). The van der Waals surface area contributed by atoms with E-state index in [9.17, 15) is 9.59 Å². The van der Waals surface area contributed by atoms with Gasteiger partial charge in [0.05, 0.1) is 17.6 Å². The third-order valence-electron chi connectivity index (χ3n) is 4.99. The zero-order valence-corrected chi connectivity index (χ0v) is 15.4. The van der Waals surface area contributed by atoms with Gasteiger partial charge < -0.3 is 19.3 Å². The zero-order chi connectivity index (χ0) is 19.7. The van der Waals surface area contributed by atoms with Crippen LogP contribution in [0.4, 0.5) is 5.69 Å². The first-order valence-corrected chi connectivity index (χ1v) is 8.99. The van der Waals surface area contributed by atoms with Crippen LogP contribution >= 0.6 is 0 Å². The molecular weight excluding hydrogens is 358 g/mol. The normalized spacial score (nSPS) is 17.5. The van der Waals surface area contributed by atoms with E-state index < -0.39 is 5.92 Å². The molecule has 0 aliphatic carbocycles. The number of fused-ring (bicyclic) bond motifs is 1. The summed E-state index contributed by atoms with van der Waals surface area (Å²) in [5, 5.41) is 9.01. The van der Waals surface area contributed by atoms with Gasteiger partial charge in [-0.2, -0.15) is 5.26 Å². The lowest BCUT2D eigenvalue weighted by Crippen LogP contribution is -2.34. The van der Waals surface area contributed by atoms with Gasteiger partial charge in [0.1, 0.15) is 0 Å². The molecule has 0 saturated carbocycles. The fourth-order valence-electron chi connectivity index (χ4n) is 3.58. The average molecular weight is 377 g/mol. The van der Waals surface area contributed by atoms with Crippen LogP contribution < -0.4 is 14.4 Å². The molecule has 0 bridgehead atoms. The molecule has 1 atom stereocenters. The summed E-state index contributed by atoms with van der Waals surface area (Å²) in [7, 11) is 1.72. The Morgan fingerprint density at radius 2 is 2.07 bits per heavy atom. The fourth-order valence-corrected chi connectivity index (χ4v) is 3.58. The molecule has 0 N–H and O–H groups in total. The Labute approximate surface area is 162 Å². The van der Waals surface area contributed by atoms with Crippen LogP contribution in [0.1, 0.15) is 17.5 Å². The summed E-state index contributed by atoms with van der Waals surface area (Å²) in [4.78, 5) is 28.6. The van der Waals surface area contributed by atoms with Crippen molar-refractivity contribution in [1.82, 2.24) is 4.90 Å². The molecule has 2 aromatic rings. The van der Waals surface area contributed by atoms with Gasteiger partial charge in [-0.05, 0) is 29.8 Å². The number of benzene rings is 2. The average Bonchev–Trinajstić information content (AvgIpc) is 3.33. The van der Waals surface area contributed by atoms with E-state index in [0.29, 0.717) is 35.8 Å². The number of hydrogen-bond donors (Lipinski definition) is 0. The first kappa shape index (κ1) is 17.9. The van der Waals surface area contributed by atoms with E-state index in [2.05, 4.69) is 6.07 Å². The standard InChI is InChI=1S/C21H19N3O4/c1-23(11-15-4-2-3-14(7-15)10-22)21(26)16-8-20(25)24(12-16)17-5-6-18-19(9-17)28-13-27-18/h2-7,9,16H,8,11-13H2,1H3. The second kappa shape index (κ2) is 7.24. The van der Waals surface area contributed by atoms with Gasteiger partial charge in [0.2, 0.25) is 18.6 Å². The van der Waals surface area contributed by atoms with Crippen LogP contribution in [0.25, 0.3) is 0 Å². The summed E-state index contributed by atoms with van der Waals surface area (Å²) >= 11 is 0. The number of hydrogen-bond acceptors (Lipinski definition) is 5. The SMILES string of the molecule is CN(Cc1cccc(C#N)c1)C(=O)C1CC(=O)N(c2ccc3c(c2)OCO3)C1. The van der Waals surface area contributed by atoms with Crippen molar-refractivity contribution >= 4 is 17.5 Å². The zero-order valence-electron chi connectivity index (χ0n) is 15.4. The van der Waals surface area contributed by atoms with Gasteiger partial charge >= 0.3 is 0 Å². The van der Waals surface area contributed by atoms with Crippen molar-refractivity contribution < 1.29 is 19.1 Å². The Morgan fingerprint density at radius 1 is 1.25 bits per heavy atom. The molecule has 0 radical (unpaired) electrons. The molecule has 1 fully saturated rings. The lowest BCUT2D eigenvalue weighted by atomic mass is 10.1. The molecule has 0 aromatic heterocycles. The first-order chi connectivity index (χ1) is 13.5. The molecule has 142 valence electrons. The third kappa shape index (κ3) is 3.37. The molecule has 7 nitrogen and oxygen atoms in total. The van der Waals surface area contributed by atoms with Gasteiger partial charge in [0.25, 0.3) is 0 Å². The van der Waals surface area contributed by atoms with E-state index in [1.165, 1.54) is 0 Å². The molecule has 1 saturated heterocycles. The van der Waals surface area contributed by atoms with Crippen molar-refractivity contribution in [3.63, 3.8) is 0 Å². The van der Waals surface area contributed by atoms with Gasteiger partial charge in [0.15, 0.2) is 11.5 Å². The minimum Gasteiger partial charge on any atom is -0.454 e. The van der Waals surface area contributed by atoms with Gasteiger partial charge in [0, 0.05) is 38.3 Å². The Bertz CT molecular complexity index is 982. The lowest BCUT2D eigenvalue weighted by Gasteiger charge is -2.22. The number of ether oxygens (including phenoxy) is 2. The van der Waals surface area contributed by atoms with E-state index >= 15 is 0 Å². The minimum absolute atomic E-state index is 0.0843. The second-order valence-electron chi connectivity index (χ2n) is 6.95. The number of carbonyl (C=O) groups excluding carboxylic acids is 2. The second-order valence-corrected chi connectivity index (χ2v) is 6.95.